The predicted octanol–water partition coefficient (Wildman–Crippen LogP) is -2.12. The van der Waals surface area contributed by atoms with Crippen molar-refractivity contribution in [2.75, 3.05) is 19.8 Å². The van der Waals surface area contributed by atoms with Crippen molar-refractivity contribution < 1.29 is 24.9 Å². The summed E-state index contributed by atoms with van der Waals surface area (Å²) < 4.78 is 4.31. The number of aliphatic hydroxyl groups is 3. The van der Waals surface area contributed by atoms with Gasteiger partial charge in [0.25, 0.3) is 0 Å². The van der Waals surface area contributed by atoms with Crippen LogP contribution in [0, 0.1) is 0 Å². The Kier molecular flexibility index (Phi) is 4.82. The second kappa shape index (κ2) is 5.16. The maximum atomic E-state index is 10.2. The molecule has 3 N–H and O–H groups in total. The predicted molar refractivity (Wildman–Crippen MR) is 31.1 cm³/mol. The fraction of sp³-hybridized carbons (Fsp3) is 0.800. The molecule has 0 heterocycles. The van der Waals surface area contributed by atoms with Gasteiger partial charge in [0.15, 0.2) is 0 Å². The number of aliphatic hydroxyl groups excluding tert-OH is 3. The van der Waals surface area contributed by atoms with Crippen molar-refractivity contribution in [3.8, 4) is 0 Å². The number of carbonyl (C=O) groups excluding carboxylic acids is 1. The molecule has 0 aromatic heterocycles. The standard InChI is InChI=1S/C5H10O5/c6-1-4(2-7)10-5(9)3-8/h4,6-8H,1-3H2. The maximum Gasteiger partial charge on any atom is 0.332 e. The average molecular weight is 150 g/mol. The summed E-state index contributed by atoms with van der Waals surface area (Å²) >= 11 is 0. The van der Waals surface area contributed by atoms with Crippen LogP contribution in [0.5, 0.6) is 0 Å². The molecule has 0 radical (unpaired) electrons. The van der Waals surface area contributed by atoms with Gasteiger partial charge in [0.2, 0.25) is 0 Å². The molecule has 5 nitrogen and oxygen atoms in total. The lowest BCUT2D eigenvalue weighted by Crippen LogP contribution is -2.26. The molecule has 0 spiro atoms. The molecule has 5 heteroatoms. The summed E-state index contributed by atoms with van der Waals surface area (Å²) in [5.41, 5.74) is 0. The molecule has 0 atom stereocenters. The first-order chi connectivity index (χ1) is 4.74. The molecule has 0 saturated heterocycles. The molecule has 0 fully saturated rings. The van der Waals surface area contributed by atoms with Gasteiger partial charge in [-0.1, -0.05) is 0 Å². The van der Waals surface area contributed by atoms with E-state index in [0.717, 1.165) is 0 Å². The van der Waals surface area contributed by atoms with E-state index in [1.807, 2.05) is 0 Å². The molecule has 0 unspecified atom stereocenters. The molecule has 0 amide bonds. The average Bonchev–Trinajstić information content (AvgIpc) is 1.99. The van der Waals surface area contributed by atoms with Gasteiger partial charge in [-0.05, 0) is 0 Å². The maximum absolute atomic E-state index is 10.2. The van der Waals surface area contributed by atoms with Crippen LogP contribution in [0.1, 0.15) is 0 Å². The Morgan fingerprint density at radius 2 is 1.80 bits per heavy atom. The van der Waals surface area contributed by atoms with Gasteiger partial charge in [-0.2, -0.15) is 0 Å². The quantitative estimate of drug-likeness (QED) is 0.399. The van der Waals surface area contributed by atoms with E-state index in [4.69, 9.17) is 15.3 Å². The molecule has 0 saturated carbocycles. The third-order valence-corrected chi connectivity index (χ3v) is 0.834. The topological polar surface area (TPSA) is 87.0 Å². The minimum absolute atomic E-state index is 0.442. The summed E-state index contributed by atoms with van der Waals surface area (Å²) in [5.74, 6) is -0.854. The molecule has 10 heavy (non-hydrogen) atoms. The van der Waals surface area contributed by atoms with Crippen LogP contribution in [0.15, 0.2) is 0 Å². The van der Waals surface area contributed by atoms with E-state index >= 15 is 0 Å². The molecular weight excluding hydrogens is 140 g/mol. The third kappa shape index (κ3) is 3.39. The van der Waals surface area contributed by atoms with Crippen LogP contribution in [0.4, 0.5) is 0 Å². The molecule has 0 rings (SSSR count). The molecular formula is C5H10O5. The highest BCUT2D eigenvalue weighted by atomic mass is 16.6. The van der Waals surface area contributed by atoms with Crippen LogP contribution in [0.2, 0.25) is 0 Å². The van der Waals surface area contributed by atoms with Gasteiger partial charge in [-0.3, -0.25) is 0 Å². The number of rotatable bonds is 4. The van der Waals surface area contributed by atoms with Gasteiger partial charge in [0.1, 0.15) is 12.7 Å². The van der Waals surface area contributed by atoms with Crippen LogP contribution in [0.3, 0.4) is 0 Å². The number of carbonyl (C=O) groups is 1. The number of ether oxygens (including phenoxy) is 1. The van der Waals surface area contributed by atoms with Crippen LogP contribution in [-0.2, 0) is 9.53 Å². The zero-order valence-electron chi connectivity index (χ0n) is 5.36. The zero-order valence-corrected chi connectivity index (χ0v) is 5.36. The van der Waals surface area contributed by atoms with Gasteiger partial charge in [-0.25, -0.2) is 4.79 Å². The van der Waals surface area contributed by atoms with Crippen LogP contribution in [-0.4, -0.2) is 47.2 Å². The van der Waals surface area contributed by atoms with Crippen molar-refractivity contribution in [3.05, 3.63) is 0 Å². The third-order valence-electron chi connectivity index (χ3n) is 0.834. The summed E-state index contributed by atoms with van der Waals surface area (Å²) in [6.07, 6.45) is -0.917. The van der Waals surface area contributed by atoms with Gasteiger partial charge < -0.3 is 20.1 Å². The van der Waals surface area contributed by atoms with E-state index in [2.05, 4.69) is 4.74 Å². The summed E-state index contributed by atoms with van der Waals surface area (Å²) in [7, 11) is 0. The van der Waals surface area contributed by atoms with Crippen molar-refractivity contribution in [3.63, 3.8) is 0 Å². The Balaban J connectivity index is 3.52. The van der Waals surface area contributed by atoms with Gasteiger partial charge in [-0.15, -0.1) is 0 Å². The Morgan fingerprint density at radius 1 is 1.30 bits per heavy atom. The largest absolute Gasteiger partial charge is 0.456 e. The van der Waals surface area contributed by atoms with Gasteiger partial charge in [0.05, 0.1) is 13.2 Å². The Morgan fingerprint density at radius 3 is 2.10 bits per heavy atom. The fourth-order valence-electron chi connectivity index (χ4n) is 0.355. The van der Waals surface area contributed by atoms with Crippen molar-refractivity contribution in [2.24, 2.45) is 0 Å². The van der Waals surface area contributed by atoms with E-state index in [1.54, 1.807) is 0 Å². The highest BCUT2D eigenvalue weighted by Gasteiger charge is 2.10. The Labute approximate surface area is 57.9 Å². The van der Waals surface area contributed by atoms with E-state index in [1.165, 1.54) is 0 Å². The first-order valence-electron chi connectivity index (χ1n) is 2.76. The van der Waals surface area contributed by atoms with E-state index in [-0.39, 0.29) is 0 Å². The summed E-state index contributed by atoms with van der Waals surface area (Å²) in [5, 5.41) is 24.8. The lowest BCUT2D eigenvalue weighted by Gasteiger charge is -2.10. The second-order valence-electron chi connectivity index (χ2n) is 1.64. The number of hydrogen-bond acceptors (Lipinski definition) is 5. The molecule has 60 valence electrons. The molecule has 0 aliphatic rings. The number of esters is 1. The smallest absolute Gasteiger partial charge is 0.332 e. The molecule has 0 aliphatic heterocycles. The lowest BCUT2D eigenvalue weighted by molar-refractivity contribution is -0.156. The summed E-state index contributed by atoms with van der Waals surface area (Å²) in [6.45, 7) is -1.62. The van der Waals surface area contributed by atoms with E-state index in [9.17, 15) is 4.79 Å². The first-order valence-corrected chi connectivity index (χ1v) is 2.76. The monoisotopic (exact) mass is 150 g/mol. The van der Waals surface area contributed by atoms with E-state index < -0.39 is 31.9 Å². The normalized spacial score (nSPS) is 10.0. The minimum atomic E-state index is -0.917. The minimum Gasteiger partial charge on any atom is -0.456 e. The fourth-order valence-corrected chi connectivity index (χ4v) is 0.355. The lowest BCUT2D eigenvalue weighted by atomic mass is 10.4. The van der Waals surface area contributed by atoms with Crippen LogP contribution in [0.25, 0.3) is 0 Å². The summed E-state index contributed by atoms with van der Waals surface area (Å²) in [6, 6.07) is 0. The summed E-state index contributed by atoms with van der Waals surface area (Å²) in [4.78, 5) is 10.2. The first kappa shape index (κ1) is 9.35. The van der Waals surface area contributed by atoms with Crippen molar-refractivity contribution in [1.29, 1.82) is 0 Å². The second-order valence-corrected chi connectivity index (χ2v) is 1.64. The SMILES string of the molecule is O=C(CO)OC(CO)CO. The van der Waals surface area contributed by atoms with Gasteiger partial charge >= 0.3 is 5.97 Å². The Hall–Kier alpha value is -0.650. The highest BCUT2D eigenvalue weighted by molar-refractivity contribution is 5.70. The van der Waals surface area contributed by atoms with Crippen molar-refractivity contribution >= 4 is 5.97 Å². The molecule has 0 aliphatic carbocycles. The van der Waals surface area contributed by atoms with E-state index in [0.29, 0.717) is 0 Å². The molecule has 0 aromatic carbocycles. The number of hydrogen-bond donors (Lipinski definition) is 3. The molecule has 0 aromatic rings. The van der Waals surface area contributed by atoms with Crippen LogP contribution >= 0.6 is 0 Å². The van der Waals surface area contributed by atoms with Crippen LogP contribution < -0.4 is 0 Å². The molecule has 0 bridgehead atoms. The zero-order chi connectivity index (χ0) is 7.98. The van der Waals surface area contributed by atoms with Gasteiger partial charge in [0, 0.05) is 0 Å². The van der Waals surface area contributed by atoms with Crippen molar-refractivity contribution in [2.45, 2.75) is 6.10 Å². The van der Waals surface area contributed by atoms with Crippen molar-refractivity contribution in [1.82, 2.24) is 0 Å². The Bertz CT molecular complexity index is 98.2. The highest BCUT2D eigenvalue weighted by Crippen LogP contribution is 1.88.